The molecule has 0 spiro atoms. The summed E-state index contributed by atoms with van der Waals surface area (Å²) in [6.07, 6.45) is 3.04. The fourth-order valence-electron chi connectivity index (χ4n) is 2.79. The Kier molecular flexibility index (Phi) is 3.57. The van der Waals surface area contributed by atoms with Crippen molar-refractivity contribution in [2.24, 2.45) is 0 Å². The molecule has 0 unspecified atom stereocenters. The molecule has 0 atom stereocenters. The maximum absolute atomic E-state index is 13.5. The van der Waals surface area contributed by atoms with Crippen LogP contribution >= 0.6 is 0 Å². The zero-order valence-electron chi connectivity index (χ0n) is 13.5. The predicted octanol–water partition coefficient (Wildman–Crippen LogP) is 4.66. The van der Waals surface area contributed by atoms with E-state index in [4.69, 9.17) is 10.2 Å². The van der Waals surface area contributed by atoms with Gasteiger partial charge in [-0.15, -0.1) is 0 Å². The lowest BCUT2D eigenvalue weighted by molar-refractivity contribution is 0.584. The molecule has 0 saturated heterocycles. The zero-order chi connectivity index (χ0) is 17.4. The Labute approximate surface area is 143 Å². The van der Waals surface area contributed by atoms with Crippen molar-refractivity contribution in [3.63, 3.8) is 0 Å². The highest BCUT2D eigenvalue weighted by atomic mass is 19.1. The van der Waals surface area contributed by atoms with Gasteiger partial charge in [0, 0.05) is 29.7 Å². The molecule has 6 heteroatoms. The van der Waals surface area contributed by atoms with Crippen molar-refractivity contribution in [2.45, 2.75) is 6.92 Å². The quantitative estimate of drug-likeness (QED) is 0.533. The number of aromatic nitrogens is 2. The van der Waals surface area contributed by atoms with E-state index in [0.717, 1.165) is 16.6 Å². The van der Waals surface area contributed by atoms with Crippen LogP contribution in [0.4, 0.5) is 21.6 Å². The number of rotatable bonds is 3. The first-order valence-corrected chi connectivity index (χ1v) is 7.74. The molecule has 0 aliphatic heterocycles. The number of hydrogen-bond acceptors (Lipinski definition) is 5. The van der Waals surface area contributed by atoms with Crippen molar-refractivity contribution in [3.05, 3.63) is 66.4 Å². The van der Waals surface area contributed by atoms with E-state index in [1.165, 1.54) is 12.3 Å². The normalized spacial score (nSPS) is 11.0. The maximum Gasteiger partial charge on any atom is 0.215 e. The smallest absolute Gasteiger partial charge is 0.215 e. The van der Waals surface area contributed by atoms with Gasteiger partial charge < -0.3 is 15.5 Å². The van der Waals surface area contributed by atoms with Gasteiger partial charge in [0.2, 0.25) is 11.8 Å². The van der Waals surface area contributed by atoms with Crippen molar-refractivity contribution in [3.8, 4) is 11.3 Å². The first kappa shape index (κ1) is 15.1. The number of benzene rings is 1. The summed E-state index contributed by atoms with van der Waals surface area (Å²) >= 11 is 0. The summed E-state index contributed by atoms with van der Waals surface area (Å²) in [6.45, 7) is 2.02. The number of nitrogens with one attached hydrogen (secondary N) is 1. The Bertz CT molecular complexity index is 1070. The van der Waals surface area contributed by atoms with Crippen LogP contribution in [-0.4, -0.2) is 9.97 Å². The van der Waals surface area contributed by atoms with E-state index in [1.807, 2.05) is 37.3 Å². The van der Waals surface area contributed by atoms with Crippen LogP contribution in [0.5, 0.6) is 0 Å². The van der Waals surface area contributed by atoms with E-state index >= 15 is 0 Å². The minimum Gasteiger partial charge on any atom is -0.436 e. The third-order valence-corrected chi connectivity index (χ3v) is 3.92. The minimum atomic E-state index is -0.575. The summed E-state index contributed by atoms with van der Waals surface area (Å²) in [5.41, 5.74) is 10.4. The standard InChI is InChI=1S/C19H15FN4O/c1-11-3-2-4-13(9-11)24-17-14-6-8-23-16(18(14)25-19(17)21)12-5-7-22-15(20)10-12/h2-10,24H,21H2,1H3. The summed E-state index contributed by atoms with van der Waals surface area (Å²) < 4.78 is 19.2. The van der Waals surface area contributed by atoms with Gasteiger partial charge in [-0.2, -0.15) is 4.39 Å². The number of nitrogens with two attached hydrogens (primary N) is 1. The van der Waals surface area contributed by atoms with Gasteiger partial charge in [0.05, 0.1) is 5.39 Å². The van der Waals surface area contributed by atoms with Crippen LogP contribution in [0.15, 0.2) is 59.3 Å². The highest BCUT2D eigenvalue weighted by molar-refractivity contribution is 6.03. The molecule has 0 saturated carbocycles. The first-order chi connectivity index (χ1) is 12.1. The molecule has 4 rings (SSSR count). The third-order valence-electron chi connectivity index (χ3n) is 3.92. The van der Waals surface area contributed by atoms with Gasteiger partial charge in [0.1, 0.15) is 11.4 Å². The zero-order valence-corrected chi connectivity index (χ0v) is 13.5. The molecule has 124 valence electrons. The summed E-state index contributed by atoms with van der Waals surface area (Å²) in [5.74, 6) is -0.325. The number of nitrogens with zero attached hydrogens (tertiary/aromatic N) is 2. The molecule has 3 N–H and O–H groups in total. The van der Waals surface area contributed by atoms with Gasteiger partial charge in [-0.25, -0.2) is 4.98 Å². The van der Waals surface area contributed by atoms with Crippen molar-refractivity contribution in [1.29, 1.82) is 0 Å². The molecule has 0 aliphatic rings. The molecule has 0 amide bonds. The average Bonchev–Trinajstić information content (AvgIpc) is 2.91. The number of halogens is 1. The average molecular weight is 334 g/mol. The van der Waals surface area contributed by atoms with E-state index in [-0.39, 0.29) is 5.88 Å². The molecule has 0 fully saturated rings. The van der Waals surface area contributed by atoms with Gasteiger partial charge in [-0.3, -0.25) is 4.98 Å². The van der Waals surface area contributed by atoms with Crippen molar-refractivity contribution < 1.29 is 8.81 Å². The second-order valence-corrected chi connectivity index (χ2v) is 5.74. The lowest BCUT2D eigenvalue weighted by Gasteiger charge is -2.06. The number of fused-ring (bicyclic) bond motifs is 1. The van der Waals surface area contributed by atoms with Crippen molar-refractivity contribution >= 4 is 28.2 Å². The van der Waals surface area contributed by atoms with Gasteiger partial charge in [-0.05, 0) is 36.8 Å². The SMILES string of the molecule is Cc1cccc(Nc2c(N)oc3c(-c4ccnc(F)c4)nccc23)c1. The summed E-state index contributed by atoms with van der Waals surface area (Å²) in [5, 5.41) is 4.07. The predicted molar refractivity (Wildman–Crippen MR) is 96.1 cm³/mol. The third kappa shape index (κ3) is 2.78. The Morgan fingerprint density at radius 1 is 1.08 bits per heavy atom. The number of hydrogen-bond donors (Lipinski definition) is 2. The minimum absolute atomic E-state index is 0.250. The Balaban J connectivity index is 1.85. The number of nitrogen functional groups attached to an aromatic ring is 1. The fraction of sp³-hybridized carbons (Fsp3) is 0.0526. The molecular formula is C19H15FN4O. The van der Waals surface area contributed by atoms with Crippen LogP contribution in [0.3, 0.4) is 0 Å². The van der Waals surface area contributed by atoms with Crippen LogP contribution in [0, 0.1) is 12.9 Å². The lowest BCUT2D eigenvalue weighted by Crippen LogP contribution is -1.93. The Morgan fingerprint density at radius 3 is 2.72 bits per heavy atom. The van der Waals surface area contributed by atoms with E-state index < -0.39 is 5.95 Å². The van der Waals surface area contributed by atoms with Crippen LogP contribution in [0.1, 0.15) is 5.56 Å². The van der Waals surface area contributed by atoms with Gasteiger partial charge in [-0.1, -0.05) is 12.1 Å². The molecule has 1 aromatic carbocycles. The van der Waals surface area contributed by atoms with Gasteiger partial charge in [0.15, 0.2) is 5.58 Å². The van der Waals surface area contributed by atoms with E-state index in [0.29, 0.717) is 22.5 Å². The fourth-order valence-corrected chi connectivity index (χ4v) is 2.79. The second-order valence-electron chi connectivity index (χ2n) is 5.74. The summed E-state index contributed by atoms with van der Waals surface area (Å²) in [6, 6.07) is 12.7. The molecule has 3 aromatic heterocycles. The van der Waals surface area contributed by atoms with Crippen molar-refractivity contribution in [2.75, 3.05) is 11.1 Å². The summed E-state index contributed by atoms with van der Waals surface area (Å²) in [7, 11) is 0. The van der Waals surface area contributed by atoms with Crippen molar-refractivity contribution in [1.82, 2.24) is 9.97 Å². The van der Waals surface area contributed by atoms with Gasteiger partial charge >= 0.3 is 0 Å². The van der Waals surface area contributed by atoms with Crippen LogP contribution in [0.2, 0.25) is 0 Å². The van der Waals surface area contributed by atoms with Crippen LogP contribution in [-0.2, 0) is 0 Å². The highest BCUT2D eigenvalue weighted by Crippen LogP contribution is 2.39. The number of aryl methyl sites for hydroxylation is 1. The number of furan rings is 1. The number of anilines is 3. The molecule has 0 radical (unpaired) electrons. The molecule has 0 aliphatic carbocycles. The van der Waals surface area contributed by atoms with E-state index in [1.54, 1.807) is 12.3 Å². The Hall–Kier alpha value is -3.41. The molecule has 25 heavy (non-hydrogen) atoms. The molecule has 5 nitrogen and oxygen atoms in total. The maximum atomic E-state index is 13.5. The van der Waals surface area contributed by atoms with Gasteiger partial charge in [0.25, 0.3) is 0 Å². The van der Waals surface area contributed by atoms with E-state index in [2.05, 4.69) is 15.3 Å². The van der Waals surface area contributed by atoms with E-state index in [9.17, 15) is 4.39 Å². The van der Waals surface area contributed by atoms with Crippen LogP contribution < -0.4 is 11.1 Å². The topological polar surface area (TPSA) is 77.0 Å². The molecule has 3 heterocycles. The molecular weight excluding hydrogens is 319 g/mol. The Morgan fingerprint density at radius 2 is 1.92 bits per heavy atom. The van der Waals surface area contributed by atoms with Crippen LogP contribution in [0.25, 0.3) is 22.2 Å². The second kappa shape index (κ2) is 5.90. The highest BCUT2D eigenvalue weighted by Gasteiger charge is 2.17. The lowest BCUT2D eigenvalue weighted by atomic mass is 10.1. The largest absolute Gasteiger partial charge is 0.436 e. The monoisotopic (exact) mass is 334 g/mol. The summed E-state index contributed by atoms with van der Waals surface area (Å²) in [4.78, 5) is 7.89. The first-order valence-electron chi connectivity index (χ1n) is 7.74. The number of pyridine rings is 2. The molecule has 0 bridgehead atoms. The molecule has 4 aromatic rings.